The molecule has 0 spiro atoms. The average Bonchev–Trinajstić information content (AvgIpc) is 2.94. The molecule has 25 heavy (non-hydrogen) atoms. The summed E-state index contributed by atoms with van der Waals surface area (Å²) in [7, 11) is 0. The van der Waals surface area contributed by atoms with E-state index in [9.17, 15) is 23.1 Å². The molecule has 8 heteroatoms. The van der Waals surface area contributed by atoms with Gasteiger partial charge in [-0.3, -0.25) is 4.79 Å². The maximum Gasteiger partial charge on any atom is 0.438 e. The van der Waals surface area contributed by atoms with E-state index >= 15 is 0 Å². The Kier molecular flexibility index (Phi) is 4.42. The highest BCUT2D eigenvalue weighted by Gasteiger charge is 2.63. The molecule has 0 saturated carbocycles. The molecule has 0 saturated heterocycles. The number of benzene rings is 2. The van der Waals surface area contributed by atoms with Crippen LogP contribution in [0.3, 0.4) is 0 Å². The number of alkyl halides is 3. The first-order valence-corrected chi connectivity index (χ1v) is 8.04. The third kappa shape index (κ3) is 3.19. The van der Waals surface area contributed by atoms with Crippen LogP contribution in [0.1, 0.15) is 22.3 Å². The van der Waals surface area contributed by atoms with Gasteiger partial charge in [-0.15, -0.1) is 0 Å². The van der Waals surface area contributed by atoms with Gasteiger partial charge >= 0.3 is 6.18 Å². The Labute approximate surface area is 149 Å². The van der Waals surface area contributed by atoms with Crippen molar-refractivity contribution in [2.45, 2.75) is 18.3 Å². The van der Waals surface area contributed by atoms with Crippen LogP contribution in [0.4, 0.5) is 13.2 Å². The van der Waals surface area contributed by atoms with Gasteiger partial charge in [0.2, 0.25) is 0 Å². The molecule has 1 aliphatic rings. The van der Waals surface area contributed by atoms with Crippen LogP contribution in [0.5, 0.6) is 0 Å². The summed E-state index contributed by atoms with van der Waals surface area (Å²) in [5.74, 6) is -1.04. The minimum atomic E-state index is -5.06. The second-order valence-corrected chi connectivity index (χ2v) is 6.45. The molecule has 0 fully saturated rings. The van der Waals surface area contributed by atoms with Gasteiger partial charge in [-0.25, -0.2) is 0 Å². The van der Waals surface area contributed by atoms with Gasteiger partial charge in [-0.2, -0.15) is 23.3 Å². The summed E-state index contributed by atoms with van der Waals surface area (Å²) in [6.07, 6.45) is -5.89. The van der Waals surface area contributed by atoms with Gasteiger partial charge < -0.3 is 5.11 Å². The summed E-state index contributed by atoms with van der Waals surface area (Å²) in [4.78, 5) is 12.6. The molecule has 0 aromatic heterocycles. The van der Waals surface area contributed by atoms with Gasteiger partial charge in [-0.1, -0.05) is 52.3 Å². The van der Waals surface area contributed by atoms with E-state index in [0.29, 0.717) is 10.0 Å². The predicted molar refractivity (Wildman–Crippen MR) is 88.9 cm³/mol. The van der Waals surface area contributed by atoms with E-state index in [1.807, 2.05) is 0 Å². The smallest absolute Gasteiger partial charge is 0.362 e. The quantitative estimate of drug-likeness (QED) is 0.811. The molecule has 0 bridgehead atoms. The van der Waals surface area contributed by atoms with Gasteiger partial charge in [0, 0.05) is 10.0 Å². The maximum absolute atomic E-state index is 13.5. The number of hydrogen-bond acceptors (Lipinski definition) is 3. The van der Waals surface area contributed by atoms with E-state index in [-0.39, 0.29) is 16.3 Å². The van der Waals surface area contributed by atoms with E-state index < -0.39 is 24.2 Å². The zero-order chi connectivity index (χ0) is 18.2. The zero-order valence-electron chi connectivity index (χ0n) is 12.7. The van der Waals surface area contributed by atoms with Gasteiger partial charge in [-0.05, 0) is 23.8 Å². The summed E-state index contributed by atoms with van der Waals surface area (Å²) >= 11 is 3.16. The molecule has 2 aromatic carbocycles. The van der Waals surface area contributed by atoms with E-state index in [1.54, 1.807) is 36.4 Å². The monoisotopic (exact) mass is 412 g/mol. The molecule has 0 radical (unpaired) electrons. The number of carbonyl (C=O) groups is 1. The van der Waals surface area contributed by atoms with E-state index in [2.05, 4.69) is 21.0 Å². The van der Waals surface area contributed by atoms with Crippen molar-refractivity contribution in [1.29, 1.82) is 0 Å². The van der Waals surface area contributed by atoms with Crippen LogP contribution in [0.15, 0.2) is 64.2 Å². The number of aliphatic hydroxyl groups is 1. The highest BCUT2D eigenvalue weighted by atomic mass is 79.9. The standard InChI is InChI=1S/C17H12BrF3N2O2/c18-13-8-4-7-12(9-13)15(24)23-16(25,17(19,20)21)10-14(22-23)11-5-2-1-3-6-11/h1-9,25H,10H2/t16-/m1/s1. The number of nitrogens with zero attached hydrogens (tertiary/aromatic N) is 2. The number of carbonyl (C=O) groups excluding carboxylic acids is 1. The van der Waals surface area contributed by atoms with Gasteiger partial charge in [0.15, 0.2) is 0 Å². The highest BCUT2D eigenvalue weighted by molar-refractivity contribution is 9.10. The fourth-order valence-electron chi connectivity index (χ4n) is 2.51. The maximum atomic E-state index is 13.5. The summed E-state index contributed by atoms with van der Waals surface area (Å²) in [6.45, 7) is 0. The van der Waals surface area contributed by atoms with Crippen LogP contribution in [-0.2, 0) is 0 Å². The lowest BCUT2D eigenvalue weighted by Crippen LogP contribution is -2.56. The molecule has 1 N–H and O–H groups in total. The van der Waals surface area contributed by atoms with Crippen LogP contribution in [0.25, 0.3) is 0 Å². The molecule has 0 unspecified atom stereocenters. The molecule has 4 nitrogen and oxygen atoms in total. The largest absolute Gasteiger partial charge is 0.438 e. The first-order chi connectivity index (χ1) is 11.7. The molecule has 130 valence electrons. The molecule has 2 aromatic rings. The molecular weight excluding hydrogens is 401 g/mol. The van der Waals surface area contributed by atoms with Crippen molar-refractivity contribution in [2.75, 3.05) is 0 Å². The Morgan fingerprint density at radius 1 is 1.16 bits per heavy atom. The minimum Gasteiger partial charge on any atom is -0.362 e. The van der Waals surface area contributed by atoms with Gasteiger partial charge in [0.1, 0.15) is 0 Å². The van der Waals surface area contributed by atoms with Gasteiger partial charge in [0.25, 0.3) is 11.6 Å². The Bertz CT molecular complexity index is 839. The van der Waals surface area contributed by atoms with Gasteiger partial charge in [0.05, 0.1) is 12.1 Å². The lowest BCUT2D eigenvalue weighted by molar-refractivity contribution is -0.297. The second-order valence-electron chi connectivity index (χ2n) is 5.53. The molecule has 3 rings (SSSR count). The van der Waals surface area contributed by atoms with E-state index in [1.165, 1.54) is 18.2 Å². The third-order valence-corrected chi connectivity index (χ3v) is 4.30. The molecule has 1 atom stereocenters. The highest BCUT2D eigenvalue weighted by Crippen LogP contribution is 2.42. The van der Waals surface area contributed by atoms with E-state index in [0.717, 1.165) is 0 Å². The normalized spacial score (nSPS) is 20.5. The fraction of sp³-hybridized carbons (Fsp3) is 0.176. The first-order valence-electron chi connectivity index (χ1n) is 7.24. The Morgan fingerprint density at radius 3 is 2.44 bits per heavy atom. The van der Waals surface area contributed by atoms with Crippen LogP contribution >= 0.6 is 15.9 Å². The Morgan fingerprint density at radius 2 is 1.84 bits per heavy atom. The topological polar surface area (TPSA) is 52.9 Å². The number of hydrogen-bond donors (Lipinski definition) is 1. The predicted octanol–water partition coefficient (Wildman–Crippen LogP) is 3.95. The van der Waals surface area contributed by atoms with Crippen molar-refractivity contribution in [3.05, 3.63) is 70.2 Å². The van der Waals surface area contributed by atoms with Crippen molar-refractivity contribution in [1.82, 2.24) is 5.01 Å². The number of amides is 1. The summed E-state index contributed by atoms with van der Waals surface area (Å²) in [6, 6.07) is 14.0. The number of rotatable bonds is 2. The average molecular weight is 413 g/mol. The van der Waals surface area contributed by atoms with Crippen LogP contribution in [0, 0.1) is 0 Å². The first kappa shape index (κ1) is 17.6. The molecule has 1 aliphatic heterocycles. The summed E-state index contributed by atoms with van der Waals surface area (Å²) in [5, 5.41) is 14.2. The van der Waals surface area contributed by atoms with Crippen LogP contribution in [-0.4, -0.2) is 33.6 Å². The Balaban J connectivity index is 2.06. The van der Waals surface area contributed by atoms with Crippen molar-refractivity contribution >= 4 is 27.5 Å². The Hall–Kier alpha value is -2.19. The SMILES string of the molecule is O=C(c1cccc(Br)c1)N1N=C(c2ccccc2)C[C@@]1(O)C(F)(F)F. The molecular formula is C17H12BrF3N2O2. The molecule has 1 heterocycles. The summed E-state index contributed by atoms with van der Waals surface area (Å²) < 4.78 is 41.1. The lowest BCUT2D eigenvalue weighted by Gasteiger charge is -2.32. The molecule has 1 amide bonds. The van der Waals surface area contributed by atoms with Crippen LogP contribution < -0.4 is 0 Å². The number of halogens is 4. The molecule has 0 aliphatic carbocycles. The fourth-order valence-corrected chi connectivity index (χ4v) is 2.91. The van der Waals surface area contributed by atoms with Crippen molar-refractivity contribution in [3.8, 4) is 0 Å². The second kappa shape index (κ2) is 6.27. The lowest BCUT2D eigenvalue weighted by atomic mass is 10.0. The zero-order valence-corrected chi connectivity index (χ0v) is 14.3. The number of hydrazone groups is 1. The van der Waals surface area contributed by atoms with Crippen LogP contribution in [0.2, 0.25) is 0 Å². The van der Waals surface area contributed by atoms with Crippen molar-refractivity contribution in [2.24, 2.45) is 5.10 Å². The van der Waals surface area contributed by atoms with Crippen molar-refractivity contribution < 1.29 is 23.1 Å². The van der Waals surface area contributed by atoms with Crippen molar-refractivity contribution in [3.63, 3.8) is 0 Å². The summed E-state index contributed by atoms with van der Waals surface area (Å²) in [5.41, 5.74) is -3.01. The van der Waals surface area contributed by atoms with E-state index in [4.69, 9.17) is 0 Å². The minimum absolute atomic E-state index is 0.0104. The third-order valence-electron chi connectivity index (χ3n) is 3.81.